The van der Waals surface area contributed by atoms with Crippen LogP contribution < -0.4 is 10.2 Å². The summed E-state index contributed by atoms with van der Waals surface area (Å²) >= 11 is 0. The number of carbonyl (C=O) groups is 2. The lowest BCUT2D eigenvalue weighted by Crippen LogP contribution is -2.49. The van der Waals surface area contributed by atoms with Crippen molar-refractivity contribution in [2.75, 3.05) is 25.1 Å². The quantitative estimate of drug-likeness (QED) is 0.539. The van der Waals surface area contributed by atoms with E-state index in [0.29, 0.717) is 18.7 Å². The number of hydrogen-bond acceptors (Lipinski definition) is 6. The van der Waals surface area contributed by atoms with Gasteiger partial charge in [0.05, 0.1) is 30.3 Å². The molecule has 35 heavy (non-hydrogen) atoms. The van der Waals surface area contributed by atoms with Crippen molar-refractivity contribution in [2.24, 2.45) is 0 Å². The highest BCUT2D eigenvalue weighted by molar-refractivity contribution is 5.94. The molecular formula is C26H31FN4O4. The molecule has 2 heterocycles. The first-order valence-corrected chi connectivity index (χ1v) is 11.7. The fourth-order valence-electron chi connectivity index (χ4n) is 4.28. The van der Waals surface area contributed by atoms with Crippen LogP contribution in [-0.4, -0.2) is 53.5 Å². The Morgan fingerprint density at radius 1 is 1.17 bits per heavy atom. The summed E-state index contributed by atoms with van der Waals surface area (Å²) in [7, 11) is 1.35. The number of alkyl carbamates (subject to hydrolysis) is 1. The summed E-state index contributed by atoms with van der Waals surface area (Å²) < 4.78 is 25.8. The third-order valence-electron chi connectivity index (χ3n) is 5.83. The number of anilines is 1. The van der Waals surface area contributed by atoms with Gasteiger partial charge < -0.3 is 24.3 Å². The molecule has 1 aliphatic rings. The SMILES string of the molecule is COC(=O)c1ccc2nc(N3CCCC(NC(=O)OC(C)(C)C)C3)n(Cc3ccc(F)cc3)c2c1. The van der Waals surface area contributed by atoms with Crippen molar-refractivity contribution in [1.82, 2.24) is 14.9 Å². The van der Waals surface area contributed by atoms with Crippen LogP contribution in [0.15, 0.2) is 42.5 Å². The Kier molecular flexibility index (Phi) is 6.95. The number of benzene rings is 2. The van der Waals surface area contributed by atoms with Gasteiger partial charge in [0.2, 0.25) is 5.95 Å². The number of nitrogens with zero attached hydrogens (tertiary/aromatic N) is 3. The van der Waals surface area contributed by atoms with E-state index < -0.39 is 17.7 Å². The second-order valence-corrected chi connectivity index (χ2v) is 9.75. The van der Waals surface area contributed by atoms with E-state index >= 15 is 0 Å². The van der Waals surface area contributed by atoms with Crippen LogP contribution in [0.3, 0.4) is 0 Å². The minimum atomic E-state index is -0.571. The average Bonchev–Trinajstić information content (AvgIpc) is 3.16. The number of rotatable bonds is 5. The zero-order valence-electron chi connectivity index (χ0n) is 20.5. The monoisotopic (exact) mass is 482 g/mol. The molecule has 8 nitrogen and oxygen atoms in total. The Hall–Kier alpha value is -3.62. The molecule has 186 valence electrons. The maximum Gasteiger partial charge on any atom is 0.407 e. The van der Waals surface area contributed by atoms with Crippen LogP contribution in [-0.2, 0) is 16.0 Å². The summed E-state index contributed by atoms with van der Waals surface area (Å²) in [5.74, 6) is -0.00543. The lowest BCUT2D eigenvalue weighted by Gasteiger charge is -2.34. The highest BCUT2D eigenvalue weighted by atomic mass is 19.1. The van der Waals surface area contributed by atoms with Gasteiger partial charge in [-0.2, -0.15) is 0 Å². The number of halogens is 1. The summed E-state index contributed by atoms with van der Waals surface area (Å²) in [6.45, 7) is 7.27. The normalized spacial score (nSPS) is 16.3. The van der Waals surface area contributed by atoms with Crippen LogP contribution in [0, 0.1) is 5.82 Å². The molecule has 1 fully saturated rings. The predicted molar refractivity (Wildman–Crippen MR) is 131 cm³/mol. The van der Waals surface area contributed by atoms with Gasteiger partial charge in [-0.05, 0) is 69.5 Å². The van der Waals surface area contributed by atoms with Crippen LogP contribution >= 0.6 is 0 Å². The van der Waals surface area contributed by atoms with E-state index in [1.54, 1.807) is 30.3 Å². The molecule has 1 N–H and O–H groups in total. The Labute approximate surface area is 204 Å². The zero-order chi connectivity index (χ0) is 25.2. The van der Waals surface area contributed by atoms with Gasteiger partial charge in [-0.3, -0.25) is 0 Å². The summed E-state index contributed by atoms with van der Waals surface area (Å²) in [6, 6.07) is 11.5. The van der Waals surface area contributed by atoms with Crippen molar-refractivity contribution in [3.05, 3.63) is 59.4 Å². The van der Waals surface area contributed by atoms with Crippen LogP contribution in [0.4, 0.5) is 15.1 Å². The van der Waals surface area contributed by atoms with Crippen molar-refractivity contribution in [1.29, 1.82) is 0 Å². The van der Waals surface area contributed by atoms with Crippen LogP contribution in [0.2, 0.25) is 0 Å². The Morgan fingerprint density at radius 2 is 1.91 bits per heavy atom. The molecule has 1 aromatic heterocycles. The minimum absolute atomic E-state index is 0.0942. The number of esters is 1. The molecule has 1 unspecified atom stereocenters. The first kappa shape index (κ1) is 24.5. The number of carbonyl (C=O) groups excluding carboxylic acids is 2. The third kappa shape index (κ3) is 5.90. The Morgan fingerprint density at radius 3 is 2.60 bits per heavy atom. The zero-order valence-corrected chi connectivity index (χ0v) is 20.5. The fourth-order valence-corrected chi connectivity index (χ4v) is 4.28. The molecule has 4 rings (SSSR count). The topological polar surface area (TPSA) is 85.7 Å². The molecule has 0 radical (unpaired) electrons. The van der Waals surface area contributed by atoms with Crippen LogP contribution in [0.25, 0.3) is 11.0 Å². The van der Waals surface area contributed by atoms with Crippen molar-refractivity contribution >= 4 is 29.0 Å². The van der Waals surface area contributed by atoms with E-state index in [1.165, 1.54) is 19.2 Å². The second kappa shape index (κ2) is 9.93. The number of nitrogens with one attached hydrogen (secondary N) is 1. The number of ether oxygens (including phenoxy) is 2. The number of fused-ring (bicyclic) bond motifs is 1. The van der Waals surface area contributed by atoms with Gasteiger partial charge in [0.25, 0.3) is 0 Å². The van der Waals surface area contributed by atoms with E-state index in [2.05, 4.69) is 10.2 Å². The molecule has 0 aliphatic carbocycles. The van der Waals surface area contributed by atoms with Gasteiger partial charge in [-0.1, -0.05) is 12.1 Å². The molecule has 1 aliphatic heterocycles. The highest BCUT2D eigenvalue weighted by Crippen LogP contribution is 2.28. The Bertz CT molecular complexity index is 1220. The summed E-state index contributed by atoms with van der Waals surface area (Å²) in [5, 5.41) is 2.97. The standard InChI is InChI=1S/C26H31FN4O4/c1-26(2,3)35-25(33)28-20-6-5-13-30(16-20)24-29-21-12-9-18(23(32)34-4)14-22(21)31(24)15-17-7-10-19(27)11-8-17/h7-12,14,20H,5-6,13,15-16H2,1-4H3,(H,28,33). The van der Waals surface area contributed by atoms with Gasteiger partial charge in [-0.15, -0.1) is 0 Å². The van der Waals surface area contributed by atoms with Crippen molar-refractivity contribution in [2.45, 2.75) is 51.8 Å². The molecule has 1 saturated heterocycles. The minimum Gasteiger partial charge on any atom is -0.465 e. The second-order valence-electron chi connectivity index (χ2n) is 9.75. The third-order valence-corrected chi connectivity index (χ3v) is 5.83. The first-order valence-electron chi connectivity index (χ1n) is 11.7. The van der Waals surface area contributed by atoms with Gasteiger partial charge in [0.1, 0.15) is 11.4 Å². The van der Waals surface area contributed by atoms with Crippen molar-refractivity contribution in [3.8, 4) is 0 Å². The lowest BCUT2D eigenvalue weighted by molar-refractivity contribution is 0.0498. The van der Waals surface area contributed by atoms with E-state index in [1.807, 2.05) is 25.3 Å². The first-order chi connectivity index (χ1) is 16.6. The maximum absolute atomic E-state index is 13.5. The largest absolute Gasteiger partial charge is 0.465 e. The summed E-state index contributed by atoms with van der Waals surface area (Å²) in [5.41, 5.74) is 2.26. The van der Waals surface area contributed by atoms with Gasteiger partial charge in [-0.25, -0.2) is 19.0 Å². The van der Waals surface area contributed by atoms with E-state index in [-0.39, 0.29) is 11.9 Å². The number of imidazole rings is 1. The van der Waals surface area contributed by atoms with Gasteiger partial charge in [0.15, 0.2) is 0 Å². The molecule has 1 atom stereocenters. The smallest absolute Gasteiger partial charge is 0.407 e. The van der Waals surface area contributed by atoms with Crippen molar-refractivity contribution < 1.29 is 23.5 Å². The molecule has 0 saturated carbocycles. The maximum atomic E-state index is 13.5. The van der Waals surface area contributed by atoms with Gasteiger partial charge in [0, 0.05) is 19.1 Å². The predicted octanol–water partition coefficient (Wildman–Crippen LogP) is 4.50. The average molecular weight is 483 g/mol. The number of amides is 1. The number of aromatic nitrogens is 2. The molecular weight excluding hydrogens is 451 g/mol. The number of methoxy groups -OCH3 is 1. The van der Waals surface area contributed by atoms with E-state index in [0.717, 1.165) is 41.9 Å². The highest BCUT2D eigenvalue weighted by Gasteiger charge is 2.27. The molecule has 0 bridgehead atoms. The fraction of sp³-hybridized carbons (Fsp3) is 0.423. The summed E-state index contributed by atoms with van der Waals surface area (Å²) in [4.78, 5) is 31.5. The van der Waals surface area contributed by atoms with Crippen LogP contribution in [0.5, 0.6) is 0 Å². The van der Waals surface area contributed by atoms with Crippen molar-refractivity contribution in [3.63, 3.8) is 0 Å². The molecule has 2 aromatic carbocycles. The molecule has 0 spiro atoms. The lowest BCUT2D eigenvalue weighted by atomic mass is 10.1. The van der Waals surface area contributed by atoms with E-state index in [9.17, 15) is 14.0 Å². The number of piperidine rings is 1. The molecule has 3 aromatic rings. The van der Waals surface area contributed by atoms with Crippen LogP contribution in [0.1, 0.15) is 49.5 Å². The van der Waals surface area contributed by atoms with E-state index in [4.69, 9.17) is 14.5 Å². The molecule has 9 heteroatoms. The Balaban J connectivity index is 1.66. The van der Waals surface area contributed by atoms with Gasteiger partial charge >= 0.3 is 12.1 Å². The number of hydrogen-bond donors (Lipinski definition) is 1. The molecule has 1 amide bonds. The summed E-state index contributed by atoms with van der Waals surface area (Å²) in [6.07, 6.45) is 1.26.